The van der Waals surface area contributed by atoms with Gasteiger partial charge in [0.2, 0.25) is 6.79 Å². The molecule has 1 fully saturated rings. The number of benzene rings is 1. The molecule has 5 heterocycles. The number of nitrogens with zero attached hydrogens (tertiary/aromatic N) is 6. The van der Waals surface area contributed by atoms with Gasteiger partial charge in [-0.05, 0) is 37.0 Å². The van der Waals surface area contributed by atoms with Crippen molar-refractivity contribution in [3.63, 3.8) is 0 Å². The zero-order valence-corrected chi connectivity index (χ0v) is 17.4. The fourth-order valence-electron chi connectivity index (χ4n) is 5.04. The largest absolute Gasteiger partial charge is 0.454 e. The summed E-state index contributed by atoms with van der Waals surface area (Å²) in [5, 5.41) is 9.75. The Balaban J connectivity index is 1.23. The van der Waals surface area contributed by atoms with Crippen LogP contribution < -0.4 is 14.4 Å². The van der Waals surface area contributed by atoms with Crippen molar-refractivity contribution in [2.45, 2.75) is 32.4 Å². The predicted molar refractivity (Wildman–Crippen MR) is 115 cm³/mol. The topological polar surface area (TPSA) is 79.4 Å². The Labute approximate surface area is 180 Å². The first-order valence-electron chi connectivity index (χ1n) is 10.9. The molecule has 0 amide bonds. The van der Waals surface area contributed by atoms with E-state index in [1.807, 2.05) is 6.07 Å². The van der Waals surface area contributed by atoms with E-state index >= 15 is 0 Å². The first-order valence-corrected chi connectivity index (χ1v) is 10.9. The Morgan fingerprint density at radius 2 is 1.87 bits per heavy atom. The van der Waals surface area contributed by atoms with Crippen molar-refractivity contribution < 1.29 is 9.47 Å². The molecule has 8 heteroatoms. The molecule has 0 radical (unpaired) electrons. The number of fused-ring (bicyclic) bond motifs is 4. The van der Waals surface area contributed by atoms with Gasteiger partial charge in [0, 0.05) is 45.0 Å². The smallest absolute Gasteiger partial charge is 0.231 e. The molecule has 3 aromatic rings. The molecule has 3 aliphatic heterocycles. The molecule has 2 aromatic heterocycles. The van der Waals surface area contributed by atoms with Crippen molar-refractivity contribution in [2.24, 2.45) is 0 Å². The fourth-order valence-corrected chi connectivity index (χ4v) is 5.04. The van der Waals surface area contributed by atoms with Crippen molar-refractivity contribution in [1.29, 1.82) is 5.26 Å². The van der Waals surface area contributed by atoms with E-state index in [2.05, 4.69) is 42.5 Å². The number of rotatable bonds is 3. The van der Waals surface area contributed by atoms with Crippen LogP contribution in [0.4, 0.5) is 5.82 Å². The molecule has 1 saturated heterocycles. The fraction of sp³-hybridized carbons (Fsp3) is 0.435. The van der Waals surface area contributed by atoms with Gasteiger partial charge in [0.1, 0.15) is 23.4 Å². The lowest BCUT2D eigenvalue weighted by Crippen LogP contribution is -2.46. The normalized spacial score (nSPS) is 18.2. The second-order valence-corrected chi connectivity index (χ2v) is 8.39. The average Bonchev–Trinajstić information content (AvgIpc) is 3.41. The van der Waals surface area contributed by atoms with Gasteiger partial charge in [-0.2, -0.15) is 5.26 Å². The third-order valence-corrected chi connectivity index (χ3v) is 6.60. The van der Waals surface area contributed by atoms with Gasteiger partial charge >= 0.3 is 0 Å². The molecule has 0 atom stereocenters. The Morgan fingerprint density at radius 3 is 2.74 bits per heavy atom. The molecule has 8 nitrogen and oxygen atoms in total. The minimum Gasteiger partial charge on any atom is -0.454 e. The van der Waals surface area contributed by atoms with Crippen molar-refractivity contribution in [3.05, 3.63) is 41.3 Å². The number of piperazine rings is 1. The van der Waals surface area contributed by atoms with Crippen LogP contribution >= 0.6 is 0 Å². The second kappa shape index (κ2) is 7.43. The highest BCUT2D eigenvalue weighted by molar-refractivity contribution is 5.92. The Morgan fingerprint density at radius 1 is 1.00 bits per heavy atom. The lowest BCUT2D eigenvalue weighted by molar-refractivity contribution is 0.174. The van der Waals surface area contributed by atoms with Crippen molar-refractivity contribution in [3.8, 4) is 17.6 Å². The van der Waals surface area contributed by atoms with E-state index < -0.39 is 0 Å². The highest BCUT2D eigenvalue weighted by atomic mass is 16.7. The Kier molecular flexibility index (Phi) is 4.42. The lowest BCUT2D eigenvalue weighted by Gasteiger charge is -2.35. The number of hydrogen-bond donors (Lipinski definition) is 0. The summed E-state index contributed by atoms with van der Waals surface area (Å²) in [6.07, 6.45) is 4.83. The van der Waals surface area contributed by atoms with Gasteiger partial charge in [0.05, 0.1) is 5.56 Å². The Hall–Kier alpha value is -3.31. The summed E-state index contributed by atoms with van der Waals surface area (Å²) in [5.41, 5.74) is 4.96. The van der Waals surface area contributed by atoms with E-state index in [0.717, 1.165) is 98.1 Å². The zero-order valence-electron chi connectivity index (χ0n) is 17.4. The first kappa shape index (κ1) is 18.5. The number of ether oxygens (including phenoxy) is 2. The molecular weight excluding hydrogens is 392 g/mol. The first-order chi connectivity index (χ1) is 15.3. The highest BCUT2D eigenvalue weighted by Gasteiger charge is 2.27. The molecule has 3 aliphatic rings. The summed E-state index contributed by atoms with van der Waals surface area (Å²) in [7, 11) is 0. The number of anilines is 1. The SMILES string of the molecule is N#Cc1c2n(c3c(N4CCN(Cc5ccc6c(c5)OCO6)CC4)ncnc13)CCCC2. The third-order valence-electron chi connectivity index (χ3n) is 6.60. The molecule has 0 aliphatic carbocycles. The van der Waals surface area contributed by atoms with E-state index in [9.17, 15) is 5.26 Å². The number of aryl methyl sites for hydroxylation is 1. The molecule has 1 aromatic carbocycles. The number of nitriles is 1. The average molecular weight is 416 g/mol. The predicted octanol–water partition coefficient (Wildman–Crippen LogP) is 2.69. The van der Waals surface area contributed by atoms with Crippen LogP contribution in [0.25, 0.3) is 11.0 Å². The molecule has 31 heavy (non-hydrogen) atoms. The summed E-state index contributed by atoms with van der Waals surface area (Å²) in [5.74, 6) is 2.64. The van der Waals surface area contributed by atoms with Crippen LogP contribution in [0.1, 0.15) is 29.7 Å². The minimum absolute atomic E-state index is 0.307. The molecule has 0 N–H and O–H groups in total. The number of aromatic nitrogens is 3. The van der Waals surface area contributed by atoms with E-state index in [1.165, 1.54) is 5.56 Å². The summed E-state index contributed by atoms with van der Waals surface area (Å²) in [4.78, 5) is 14.0. The van der Waals surface area contributed by atoms with Gasteiger partial charge in [-0.3, -0.25) is 4.90 Å². The van der Waals surface area contributed by atoms with Crippen LogP contribution in [0.3, 0.4) is 0 Å². The minimum atomic E-state index is 0.307. The number of hydrogen-bond acceptors (Lipinski definition) is 7. The summed E-state index contributed by atoms with van der Waals surface area (Å²) < 4.78 is 13.2. The van der Waals surface area contributed by atoms with E-state index in [4.69, 9.17) is 9.47 Å². The molecule has 158 valence electrons. The molecule has 0 unspecified atom stereocenters. The maximum absolute atomic E-state index is 9.75. The van der Waals surface area contributed by atoms with E-state index in [0.29, 0.717) is 6.79 Å². The van der Waals surface area contributed by atoms with Gasteiger partial charge in [0.25, 0.3) is 0 Å². The van der Waals surface area contributed by atoms with Crippen LogP contribution in [-0.4, -0.2) is 52.4 Å². The summed E-state index contributed by atoms with van der Waals surface area (Å²) in [6, 6.07) is 8.60. The third kappa shape index (κ3) is 3.08. The lowest BCUT2D eigenvalue weighted by atomic mass is 10.1. The molecule has 0 spiro atoms. The molecular formula is C23H24N6O2. The maximum atomic E-state index is 9.75. The van der Waals surface area contributed by atoms with Crippen LogP contribution in [0.5, 0.6) is 11.5 Å². The quantitative estimate of drug-likeness (QED) is 0.649. The standard InChI is InChI=1S/C23H24N6O2/c24-12-17-18-3-1-2-6-29(18)22-21(17)25-14-26-23(22)28-9-7-27(8-10-28)13-16-4-5-19-20(11-16)31-15-30-19/h4-5,11,14H,1-3,6-10,13,15H2. The second-order valence-electron chi connectivity index (χ2n) is 8.39. The van der Waals surface area contributed by atoms with Crippen LogP contribution in [0.15, 0.2) is 24.5 Å². The summed E-state index contributed by atoms with van der Waals surface area (Å²) in [6.45, 7) is 5.86. The molecule has 0 bridgehead atoms. The van der Waals surface area contributed by atoms with Crippen molar-refractivity contribution in [2.75, 3.05) is 37.9 Å². The van der Waals surface area contributed by atoms with Gasteiger partial charge in [-0.25, -0.2) is 9.97 Å². The van der Waals surface area contributed by atoms with Crippen LogP contribution in [-0.2, 0) is 19.5 Å². The monoisotopic (exact) mass is 416 g/mol. The highest BCUT2D eigenvalue weighted by Crippen LogP contribution is 2.35. The van der Waals surface area contributed by atoms with Gasteiger partial charge < -0.3 is 18.9 Å². The van der Waals surface area contributed by atoms with Crippen molar-refractivity contribution in [1.82, 2.24) is 19.4 Å². The van der Waals surface area contributed by atoms with Crippen LogP contribution in [0.2, 0.25) is 0 Å². The van der Waals surface area contributed by atoms with E-state index in [1.54, 1.807) is 6.33 Å². The zero-order chi connectivity index (χ0) is 20.8. The maximum Gasteiger partial charge on any atom is 0.231 e. The van der Waals surface area contributed by atoms with Gasteiger partial charge in [-0.1, -0.05) is 6.07 Å². The summed E-state index contributed by atoms with van der Waals surface area (Å²) >= 11 is 0. The van der Waals surface area contributed by atoms with E-state index in [-0.39, 0.29) is 0 Å². The molecule has 6 rings (SSSR count). The van der Waals surface area contributed by atoms with Crippen molar-refractivity contribution >= 4 is 16.9 Å². The van der Waals surface area contributed by atoms with Gasteiger partial charge in [0.15, 0.2) is 17.3 Å². The van der Waals surface area contributed by atoms with Crippen LogP contribution in [0, 0.1) is 11.3 Å². The molecule has 0 saturated carbocycles. The van der Waals surface area contributed by atoms with Gasteiger partial charge in [-0.15, -0.1) is 0 Å². The Bertz CT molecular complexity index is 1190.